The first-order valence-corrected chi connectivity index (χ1v) is 9.95. The third kappa shape index (κ3) is 4.94. The lowest BCUT2D eigenvalue weighted by molar-refractivity contribution is -0.385. The molecule has 2 amide bonds. The molecule has 0 saturated carbocycles. The minimum absolute atomic E-state index is 0.154. The second-order valence-corrected chi connectivity index (χ2v) is 7.44. The zero-order valence-corrected chi connectivity index (χ0v) is 17.0. The number of hydrogen-bond donors (Lipinski definition) is 1. The Labute approximate surface area is 175 Å². The largest absolute Gasteiger partial charge is 0.463 e. The molecule has 1 aliphatic heterocycles. The molecule has 30 heavy (non-hydrogen) atoms. The van der Waals surface area contributed by atoms with Gasteiger partial charge in [-0.05, 0) is 38.3 Å². The van der Waals surface area contributed by atoms with Crippen LogP contribution in [0, 0.1) is 10.1 Å². The van der Waals surface area contributed by atoms with E-state index in [-0.39, 0.29) is 23.8 Å². The number of carbonyl (C=O) groups is 2. The molecule has 8 nitrogen and oxygen atoms in total. The van der Waals surface area contributed by atoms with E-state index < -0.39 is 23.0 Å². The molecular weight excluding hydrogens is 386 g/mol. The van der Waals surface area contributed by atoms with Gasteiger partial charge >= 0.3 is 12.0 Å². The van der Waals surface area contributed by atoms with Crippen LogP contribution in [0.25, 0.3) is 0 Å². The van der Waals surface area contributed by atoms with E-state index in [0.29, 0.717) is 6.54 Å². The lowest BCUT2D eigenvalue weighted by Gasteiger charge is -2.31. The normalized spacial score (nSPS) is 14.0. The number of anilines is 1. The van der Waals surface area contributed by atoms with Crippen molar-refractivity contribution in [1.82, 2.24) is 5.32 Å². The molecule has 1 aliphatic rings. The van der Waals surface area contributed by atoms with E-state index in [1.165, 1.54) is 6.07 Å². The minimum Gasteiger partial charge on any atom is -0.463 e. The first-order chi connectivity index (χ1) is 14.4. The molecule has 0 bridgehead atoms. The fraction of sp³-hybridized carbons (Fsp3) is 0.364. The number of nitrogens with one attached hydrogen (secondary N) is 1. The van der Waals surface area contributed by atoms with Gasteiger partial charge in [0, 0.05) is 18.3 Å². The molecule has 0 aliphatic carbocycles. The van der Waals surface area contributed by atoms with Gasteiger partial charge < -0.3 is 10.1 Å². The third-order valence-electron chi connectivity index (χ3n) is 4.90. The number of carbonyl (C=O) groups excluding carboxylic acids is 2. The molecule has 1 heterocycles. The van der Waals surface area contributed by atoms with Crippen molar-refractivity contribution >= 4 is 23.4 Å². The second-order valence-electron chi connectivity index (χ2n) is 7.44. The highest BCUT2D eigenvalue weighted by atomic mass is 16.6. The minimum atomic E-state index is -0.889. The maximum atomic E-state index is 13.1. The van der Waals surface area contributed by atoms with Gasteiger partial charge in [0.05, 0.1) is 29.1 Å². The van der Waals surface area contributed by atoms with Gasteiger partial charge in [-0.15, -0.1) is 0 Å². The number of esters is 1. The van der Waals surface area contributed by atoms with Crippen LogP contribution in [0.4, 0.5) is 16.2 Å². The van der Waals surface area contributed by atoms with Crippen LogP contribution in [-0.2, 0) is 16.0 Å². The first-order valence-electron chi connectivity index (χ1n) is 9.95. The quantitative estimate of drug-likeness (QED) is 0.437. The predicted octanol–water partition coefficient (Wildman–Crippen LogP) is 4.14. The molecule has 1 unspecified atom stereocenters. The molecule has 0 saturated heterocycles. The van der Waals surface area contributed by atoms with Gasteiger partial charge in [-0.1, -0.05) is 36.4 Å². The molecule has 1 N–H and O–H groups in total. The van der Waals surface area contributed by atoms with E-state index in [4.69, 9.17) is 4.74 Å². The third-order valence-corrected chi connectivity index (χ3v) is 4.90. The molecule has 2 aromatic carbocycles. The van der Waals surface area contributed by atoms with Crippen molar-refractivity contribution in [3.8, 4) is 0 Å². The number of ether oxygens (including phenoxy) is 1. The van der Waals surface area contributed by atoms with Crippen LogP contribution >= 0.6 is 0 Å². The fourth-order valence-corrected chi connectivity index (χ4v) is 3.64. The van der Waals surface area contributed by atoms with E-state index in [1.807, 2.05) is 24.3 Å². The summed E-state index contributed by atoms with van der Waals surface area (Å²) in [4.78, 5) is 38.1. The molecule has 2 aromatic rings. The van der Waals surface area contributed by atoms with Crippen LogP contribution in [0.3, 0.4) is 0 Å². The van der Waals surface area contributed by atoms with E-state index in [9.17, 15) is 19.7 Å². The molecule has 8 heteroatoms. The van der Waals surface area contributed by atoms with Crippen molar-refractivity contribution in [3.63, 3.8) is 0 Å². The number of benzene rings is 2. The van der Waals surface area contributed by atoms with Crippen molar-refractivity contribution in [3.05, 3.63) is 69.8 Å². The zero-order valence-electron chi connectivity index (χ0n) is 17.0. The van der Waals surface area contributed by atoms with Gasteiger partial charge in [0.25, 0.3) is 5.69 Å². The van der Waals surface area contributed by atoms with Gasteiger partial charge in [0.2, 0.25) is 0 Å². The van der Waals surface area contributed by atoms with Gasteiger partial charge in [-0.2, -0.15) is 0 Å². The van der Waals surface area contributed by atoms with Crippen LogP contribution in [0.15, 0.2) is 48.5 Å². The Morgan fingerprint density at radius 1 is 1.17 bits per heavy atom. The Bertz CT molecular complexity index is 944. The van der Waals surface area contributed by atoms with Crippen molar-refractivity contribution < 1.29 is 19.2 Å². The number of amides is 2. The predicted molar refractivity (Wildman–Crippen MR) is 112 cm³/mol. The maximum Gasteiger partial charge on any atom is 0.322 e. The second kappa shape index (κ2) is 9.39. The monoisotopic (exact) mass is 411 g/mol. The highest BCUT2D eigenvalue weighted by Crippen LogP contribution is 2.30. The summed E-state index contributed by atoms with van der Waals surface area (Å²) >= 11 is 0. The highest BCUT2D eigenvalue weighted by molar-refractivity contribution is 5.93. The van der Waals surface area contributed by atoms with E-state index >= 15 is 0 Å². The molecule has 1 atom stereocenters. The van der Waals surface area contributed by atoms with Crippen LogP contribution in [0.1, 0.15) is 43.9 Å². The Kier molecular flexibility index (Phi) is 6.66. The van der Waals surface area contributed by atoms with Gasteiger partial charge in [-0.25, -0.2) is 4.79 Å². The summed E-state index contributed by atoms with van der Waals surface area (Å²) in [6.45, 7) is 3.98. The summed E-state index contributed by atoms with van der Waals surface area (Å²) < 4.78 is 5.21. The van der Waals surface area contributed by atoms with E-state index in [0.717, 1.165) is 24.1 Å². The van der Waals surface area contributed by atoms with Crippen molar-refractivity contribution in [2.45, 2.75) is 45.3 Å². The Morgan fingerprint density at radius 2 is 1.87 bits per heavy atom. The molecule has 0 aromatic heterocycles. The van der Waals surface area contributed by atoms with Crippen molar-refractivity contribution in [1.29, 1.82) is 0 Å². The Balaban J connectivity index is 1.89. The smallest absolute Gasteiger partial charge is 0.322 e. The Hall–Kier alpha value is -3.42. The molecule has 158 valence electrons. The number of aryl methyl sites for hydroxylation is 1. The summed E-state index contributed by atoms with van der Waals surface area (Å²) in [5.41, 5.74) is 1.99. The number of fused-ring (bicyclic) bond motifs is 1. The van der Waals surface area contributed by atoms with Crippen LogP contribution in [0.5, 0.6) is 0 Å². The van der Waals surface area contributed by atoms with Crippen molar-refractivity contribution in [2.75, 3.05) is 11.4 Å². The van der Waals surface area contributed by atoms with Crippen LogP contribution in [-0.4, -0.2) is 29.6 Å². The summed E-state index contributed by atoms with van der Waals surface area (Å²) in [5, 5.41) is 14.3. The number of para-hydroxylation sites is 2. The Morgan fingerprint density at radius 3 is 2.60 bits per heavy atom. The first kappa shape index (κ1) is 21.3. The number of nitro groups is 1. The van der Waals surface area contributed by atoms with Crippen molar-refractivity contribution in [2.24, 2.45) is 0 Å². The van der Waals surface area contributed by atoms with Gasteiger partial charge in [0.15, 0.2) is 0 Å². The lowest BCUT2D eigenvalue weighted by atomic mass is 10.0. The average Bonchev–Trinajstić information content (AvgIpc) is 2.72. The number of rotatable bonds is 6. The highest BCUT2D eigenvalue weighted by Gasteiger charge is 2.30. The summed E-state index contributed by atoms with van der Waals surface area (Å²) in [5.74, 6) is -0.535. The number of nitrogens with zero attached hydrogens (tertiary/aromatic N) is 2. The molecule has 0 fully saturated rings. The fourth-order valence-electron chi connectivity index (χ4n) is 3.64. The lowest BCUT2D eigenvalue weighted by Crippen LogP contribution is -2.44. The molecule has 0 radical (unpaired) electrons. The molecule has 3 rings (SSSR count). The summed E-state index contributed by atoms with van der Waals surface area (Å²) in [7, 11) is 0. The number of urea groups is 1. The SMILES string of the molecule is CC(C)OC(=O)CC(NC(=O)N1CCCc2ccccc21)c1ccccc1[N+](=O)[O-]. The summed E-state index contributed by atoms with van der Waals surface area (Å²) in [6, 6.07) is 12.5. The standard InChI is InChI=1S/C22H25N3O5/c1-15(2)30-21(26)14-18(17-10-4-6-12-20(17)25(28)29)23-22(27)24-13-7-9-16-8-3-5-11-19(16)24/h3-6,8,10-12,15,18H,7,9,13-14H2,1-2H3,(H,23,27). The number of nitro benzene ring substituents is 1. The molecular formula is C22H25N3O5. The van der Waals surface area contributed by atoms with Crippen LogP contribution in [0.2, 0.25) is 0 Å². The van der Waals surface area contributed by atoms with E-state index in [2.05, 4.69) is 5.32 Å². The van der Waals surface area contributed by atoms with Crippen LogP contribution < -0.4 is 10.2 Å². The number of hydrogen-bond acceptors (Lipinski definition) is 5. The average molecular weight is 411 g/mol. The van der Waals surface area contributed by atoms with Gasteiger partial charge in [0.1, 0.15) is 0 Å². The van der Waals surface area contributed by atoms with E-state index in [1.54, 1.807) is 36.9 Å². The summed E-state index contributed by atoms with van der Waals surface area (Å²) in [6.07, 6.45) is 1.17. The maximum absolute atomic E-state index is 13.1. The topological polar surface area (TPSA) is 102 Å². The zero-order chi connectivity index (χ0) is 21.7. The van der Waals surface area contributed by atoms with Gasteiger partial charge in [-0.3, -0.25) is 19.8 Å². The molecule has 0 spiro atoms.